The second kappa shape index (κ2) is 8.14. The molecule has 1 aromatic carbocycles. The van der Waals surface area contributed by atoms with E-state index in [9.17, 15) is 13.2 Å². The normalized spacial score (nSPS) is 22.9. The summed E-state index contributed by atoms with van der Waals surface area (Å²) in [6.45, 7) is 9.12. The van der Waals surface area contributed by atoms with Gasteiger partial charge in [0.15, 0.2) is 0 Å². The number of hydrogen-bond acceptors (Lipinski definition) is 4. The Bertz CT molecular complexity index is 848. The molecule has 2 aliphatic heterocycles. The quantitative estimate of drug-likeness (QED) is 0.711. The molecule has 3 rings (SSSR count). The average molecular weight is 426 g/mol. The fourth-order valence-corrected chi connectivity index (χ4v) is 5.92. The van der Waals surface area contributed by atoms with Crippen LogP contribution in [-0.4, -0.2) is 54.9 Å². The van der Waals surface area contributed by atoms with Crippen molar-refractivity contribution in [1.29, 1.82) is 0 Å². The van der Waals surface area contributed by atoms with Gasteiger partial charge in [0, 0.05) is 24.7 Å². The highest BCUT2D eigenvalue weighted by Crippen LogP contribution is 2.35. The topological polar surface area (TPSA) is 69.7 Å². The van der Waals surface area contributed by atoms with E-state index in [1.54, 1.807) is 24.3 Å². The van der Waals surface area contributed by atoms with Gasteiger partial charge < -0.3 is 4.90 Å². The van der Waals surface area contributed by atoms with Crippen LogP contribution in [0.25, 0.3) is 0 Å². The fraction of sp³-hybridized carbons (Fsp3) is 0.550. The third-order valence-electron chi connectivity index (χ3n) is 5.53. The molecule has 6 nitrogen and oxygen atoms in total. The van der Waals surface area contributed by atoms with E-state index in [2.05, 4.69) is 25.7 Å². The molecule has 1 amide bonds. The number of piperidine rings is 1. The number of sulfonamides is 1. The molecular weight excluding hydrogens is 398 g/mol. The highest BCUT2D eigenvalue weighted by Gasteiger charge is 2.51. The Morgan fingerprint density at radius 2 is 2.04 bits per heavy atom. The van der Waals surface area contributed by atoms with Crippen molar-refractivity contribution in [2.75, 3.05) is 19.6 Å². The predicted molar refractivity (Wildman–Crippen MR) is 110 cm³/mol. The van der Waals surface area contributed by atoms with Gasteiger partial charge in [-0.25, -0.2) is 8.42 Å². The van der Waals surface area contributed by atoms with E-state index in [4.69, 9.17) is 11.6 Å². The molecule has 1 N–H and O–H groups in total. The SMILES string of the molecule is C=CCN1C(=O)C(CC(C)C)NC12CCN(S(=O)(=O)c1cccc(Cl)c1)CC2. The van der Waals surface area contributed by atoms with Gasteiger partial charge in [-0.1, -0.05) is 37.6 Å². The number of rotatable bonds is 6. The molecule has 2 heterocycles. The smallest absolute Gasteiger partial charge is 0.243 e. The van der Waals surface area contributed by atoms with Crippen LogP contribution in [0.2, 0.25) is 5.02 Å². The monoisotopic (exact) mass is 425 g/mol. The number of benzene rings is 1. The molecule has 0 saturated carbocycles. The van der Waals surface area contributed by atoms with Crippen LogP contribution in [0.5, 0.6) is 0 Å². The largest absolute Gasteiger partial charge is 0.319 e. The molecule has 1 aromatic rings. The second-order valence-corrected chi connectivity index (χ2v) is 10.3. The van der Waals surface area contributed by atoms with Gasteiger partial charge in [0.05, 0.1) is 16.6 Å². The van der Waals surface area contributed by atoms with Crippen molar-refractivity contribution in [3.63, 3.8) is 0 Å². The number of halogens is 1. The molecule has 0 radical (unpaired) electrons. The Morgan fingerprint density at radius 1 is 1.36 bits per heavy atom. The zero-order valence-corrected chi connectivity index (χ0v) is 18.0. The van der Waals surface area contributed by atoms with Gasteiger partial charge in [0.25, 0.3) is 0 Å². The molecule has 1 unspecified atom stereocenters. The molecule has 2 fully saturated rings. The van der Waals surface area contributed by atoms with E-state index < -0.39 is 15.7 Å². The van der Waals surface area contributed by atoms with Crippen molar-refractivity contribution < 1.29 is 13.2 Å². The second-order valence-electron chi connectivity index (χ2n) is 7.96. The molecule has 0 bridgehead atoms. The summed E-state index contributed by atoms with van der Waals surface area (Å²) in [4.78, 5) is 15.0. The zero-order chi connectivity index (χ0) is 20.5. The van der Waals surface area contributed by atoms with Gasteiger partial charge in [-0.3, -0.25) is 10.1 Å². The lowest BCUT2D eigenvalue weighted by atomic mass is 9.97. The Balaban J connectivity index is 1.79. The lowest BCUT2D eigenvalue weighted by molar-refractivity contribution is -0.132. The molecule has 8 heteroatoms. The molecule has 28 heavy (non-hydrogen) atoms. The summed E-state index contributed by atoms with van der Waals surface area (Å²) < 4.78 is 27.4. The Labute approximate surface area is 172 Å². The van der Waals surface area contributed by atoms with Crippen LogP contribution in [-0.2, 0) is 14.8 Å². The highest BCUT2D eigenvalue weighted by atomic mass is 35.5. The van der Waals surface area contributed by atoms with Crippen LogP contribution in [0.4, 0.5) is 0 Å². The summed E-state index contributed by atoms with van der Waals surface area (Å²) in [6, 6.07) is 6.10. The summed E-state index contributed by atoms with van der Waals surface area (Å²) >= 11 is 5.97. The summed E-state index contributed by atoms with van der Waals surface area (Å²) in [5, 5.41) is 3.92. The van der Waals surface area contributed by atoms with Crippen LogP contribution < -0.4 is 5.32 Å². The van der Waals surface area contributed by atoms with Gasteiger partial charge in [0.2, 0.25) is 15.9 Å². The van der Waals surface area contributed by atoms with E-state index in [0.717, 1.165) is 6.42 Å². The maximum absolute atomic E-state index is 13.0. The van der Waals surface area contributed by atoms with Gasteiger partial charge in [-0.05, 0) is 43.4 Å². The van der Waals surface area contributed by atoms with E-state index in [-0.39, 0.29) is 16.8 Å². The van der Waals surface area contributed by atoms with Crippen LogP contribution >= 0.6 is 11.6 Å². The summed E-state index contributed by atoms with van der Waals surface area (Å²) in [7, 11) is -3.61. The molecule has 2 aliphatic rings. The fourth-order valence-electron chi connectivity index (χ4n) is 4.18. The molecular formula is C20H28ClN3O3S. The number of hydrogen-bond donors (Lipinski definition) is 1. The predicted octanol–water partition coefficient (Wildman–Crippen LogP) is 2.85. The lowest BCUT2D eigenvalue weighted by Gasteiger charge is -2.44. The van der Waals surface area contributed by atoms with Gasteiger partial charge in [0.1, 0.15) is 0 Å². The maximum Gasteiger partial charge on any atom is 0.243 e. The van der Waals surface area contributed by atoms with E-state index in [0.29, 0.717) is 43.4 Å². The third kappa shape index (κ3) is 3.99. The van der Waals surface area contributed by atoms with E-state index in [1.165, 1.54) is 10.4 Å². The van der Waals surface area contributed by atoms with Gasteiger partial charge in [-0.2, -0.15) is 4.31 Å². The molecule has 1 atom stereocenters. The van der Waals surface area contributed by atoms with Crippen LogP contribution in [0.3, 0.4) is 0 Å². The first-order valence-corrected chi connectivity index (χ1v) is 11.5. The van der Waals surface area contributed by atoms with Gasteiger partial charge >= 0.3 is 0 Å². The molecule has 0 aromatic heterocycles. The Hall–Kier alpha value is -1.41. The van der Waals surface area contributed by atoms with E-state index in [1.807, 2.05) is 4.90 Å². The van der Waals surface area contributed by atoms with Crippen molar-refractivity contribution in [3.05, 3.63) is 41.9 Å². The Morgan fingerprint density at radius 3 is 2.61 bits per heavy atom. The van der Waals surface area contributed by atoms with Crippen LogP contribution in [0.1, 0.15) is 33.1 Å². The van der Waals surface area contributed by atoms with Gasteiger partial charge in [-0.15, -0.1) is 6.58 Å². The number of carbonyl (C=O) groups excluding carboxylic acids is 1. The number of nitrogens with one attached hydrogen (secondary N) is 1. The molecule has 2 saturated heterocycles. The van der Waals surface area contributed by atoms with Crippen molar-refractivity contribution in [2.45, 2.75) is 49.7 Å². The number of nitrogens with zero attached hydrogens (tertiary/aromatic N) is 2. The zero-order valence-electron chi connectivity index (χ0n) is 16.4. The Kier molecular flexibility index (Phi) is 6.20. The lowest BCUT2D eigenvalue weighted by Crippen LogP contribution is -2.59. The first kappa shape index (κ1) is 21.3. The van der Waals surface area contributed by atoms with Crippen molar-refractivity contribution >= 4 is 27.5 Å². The maximum atomic E-state index is 13.0. The minimum Gasteiger partial charge on any atom is -0.319 e. The minimum atomic E-state index is -3.61. The van der Waals surface area contributed by atoms with Crippen molar-refractivity contribution in [1.82, 2.24) is 14.5 Å². The van der Waals surface area contributed by atoms with Crippen molar-refractivity contribution in [2.24, 2.45) is 5.92 Å². The first-order chi connectivity index (χ1) is 13.2. The summed E-state index contributed by atoms with van der Waals surface area (Å²) in [5.41, 5.74) is -0.509. The standard InChI is InChI=1S/C20H28ClN3O3S/c1-4-10-24-19(25)18(13-15(2)3)22-20(24)8-11-23(12-9-20)28(26,27)17-7-5-6-16(21)14-17/h4-7,14-15,18,22H,1,8-13H2,2-3H3. The molecule has 1 spiro atoms. The number of amides is 1. The van der Waals surface area contributed by atoms with Crippen LogP contribution in [0, 0.1) is 5.92 Å². The average Bonchev–Trinajstić information content (AvgIpc) is 2.87. The van der Waals surface area contributed by atoms with E-state index >= 15 is 0 Å². The third-order valence-corrected chi connectivity index (χ3v) is 7.66. The van der Waals surface area contributed by atoms with Crippen LogP contribution in [0.15, 0.2) is 41.8 Å². The minimum absolute atomic E-state index is 0.0831. The van der Waals surface area contributed by atoms with Crippen molar-refractivity contribution in [3.8, 4) is 0 Å². The summed E-state index contributed by atoms with van der Waals surface area (Å²) in [5.74, 6) is 0.477. The summed E-state index contributed by atoms with van der Waals surface area (Å²) in [6.07, 6.45) is 3.58. The molecule has 154 valence electrons. The molecule has 0 aliphatic carbocycles. The number of carbonyl (C=O) groups is 1. The highest BCUT2D eigenvalue weighted by molar-refractivity contribution is 7.89. The first-order valence-electron chi connectivity index (χ1n) is 9.65.